The summed E-state index contributed by atoms with van der Waals surface area (Å²) in [4.78, 5) is 28.4. The third kappa shape index (κ3) is 4.49. The summed E-state index contributed by atoms with van der Waals surface area (Å²) in [6.07, 6.45) is 0.848. The smallest absolute Gasteiger partial charge is 0.336 e. The lowest BCUT2D eigenvalue weighted by Crippen LogP contribution is -2.35. The van der Waals surface area contributed by atoms with Crippen molar-refractivity contribution in [3.05, 3.63) is 69.7 Å². The zero-order valence-corrected chi connectivity index (χ0v) is 16.1. The van der Waals surface area contributed by atoms with Crippen LogP contribution in [0, 0.1) is 6.92 Å². The summed E-state index contributed by atoms with van der Waals surface area (Å²) < 4.78 is 0. The Hall–Kier alpha value is -2.37. The largest absolute Gasteiger partial charge is 0.478 e. The van der Waals surface area contributed by atoms with Crippen molar-refractivity contribution >= 4 is 23.5 Å². The molecule has 2 aromatic rings. The van der Waals surface area contributed by atoms with Crippen LogP contribution >= 0.6 is 11.6 Å². The Kier molecular flexibility index (Phi) is 6.14. The average Bonchev–Trinajstić information content (AvgIpc) is 2.89. The summed E-state index contributed by atoms with van der Waals surface area (Å²) in [6, 6.07) is 12.5. The fourth-order valence-corrected chi connectivity index (χ4v) is 3.62. The number of carbonyl (C=O) groups excluding carboxylic acids is 1. The number of hydrogen-bond donors (Lipinski definition) is 1. The number of nitrogens with zero attached hydrogens (tertiary/aromatic N) is 2. The minimum absolute atomic E-state index is 0.00258. The molecule has 142 valence electrons. The summed E-state index contributed by atoms with van der Waals surface area (Å²) >= 11 is 6.16. The number of rotatable bonds is 4. The highest BCUT2D eigenvalue weighted by molar-refractivity contribution is 6.31. The van der Waals surface area contributed by atoms with E-state index in [-0.39, 0.29) is 5.91 Å². The van der Waals surface area contributed by atoms with E-state index in [2.05, 4.69) is 4.90 Å². The van der Waals surface area contributed by atoms with Crippen molar-refractivity contribution in [1.82, 2.24) is 9.80 Å². The van der Waals surface area contributed by atoms with Crippen molar-refractivity contribution in [2.24, 2.45) is 0 Å². The molecule has 2 aromatic carbocycles. The molecule has 1 N–H and O–H groups in total. The Morgan fingerprint density at radius 1 is 1.00 bits per heavy atom. The first-order valence-electron chi connectivity index (χ1n) is 9.05. The van der Waals surface area contributed by atoms with Crippen molar-refractivity contribution in [2.45, 2.75) is 19.9 Å². The van der Waals surface area contributed by atoms with Gasteiger partial charge in [-0.3, -0.25) is 9.69 Å². The van der Waals surface area contributed by atoms with Gasteiger partial charge in [0.25, 0.3) is 5.91 Å². The molecule has 0 aliphatic carbocycles. The Balaban J connectivity index is 1.68. The standard InChI is InChI=1S/C21H23ClN2O3/c1-15-17(8-4-9-19(15)22)20(25)24-11-5-10-23(12-13-24)14-16-6-2-3-7-18(16)21(26)27/h2-4,6-9H,5,10-14H2,1H3,(H,26,27). The third-order valence-corrected chi connectivity index (χ3v) is 5.43. The molecule has 0 radical (unpaired) electrons. The highest BCUT2D eigenvalue weighted by atomic mass is 35.5. The Morgan fingerprint density at radius 3 is 2.52 bits per heavy atom. The topological polar surface area (TPSA) is 60.9 Å². The van der Waals surface area contributed by atoms with E-state index >= 15 is 0 Å². The number of amides is 1. The van der Waals surface area contributed by atoms with Gasteiger partial charge in [0.05, 0.1) is 5.56 Å². The van der Waals surface area contributed by atoms with Crippen molar-refractivity contribution in [1.29, 1.82) is 0 Å². The first-order chi connectivity index (χ1) is 13.0. The van der Waals surface area contributed by atoms with Gasteiger partial charge in [0.15, 0.2) is 0 Å². The van der Waals surface area contributed by atoms with E-state index in [1.807, 2.05) is 30.0 Å². The van der Waals surface area contributed by atoms with Crippen LogP contribution in [0.15, 0.2) is 42.5 Å². The maximum Gasteiger partial charge on any atom is 0.336 e. The van der Waals surface area contributed by atoms with Crippen molar-refractivity contribution in [3.63, 3.8) is 0 Å². The summed E-state index contributed by atoms with van der Waals surface area (Å²) in [5.41, 5.74) is 2.59. The zero-order valence-electron chi connectivity index (χ0n) is 15.3. The van der Waals surface area contributed by atoms with Crippen molar-refractivity contribution in [2.75, 3.05) is 26.2 Å². The van der Waals surface area contributed by atoms with E-state index in [0.717, 1.165) is 24.1 Å². The number of hydrogen-bond acceptors (Lipinski definition) is 3. The SMILES string of the molecule is Cc1c(Cl)cccc1C(=O)N1CCCN(Cc2ccccc2C(=O)O)CC1. The van der Waals surface area contributed by atoms with Crippen LogP contribution in [-0.2, 0) is 6.54 Å². The van der Waals surface area contributed by atoms with Gasteiger partial charge in [0.1, 0.15) is 0 Å². The normalized spacial score (nSPS) is 15.4. The van der Waals surface area contributed by atoms with Gasteiger partial charge in [0.2, 0.25) is 0 Å². The molecule has 3 rings (SSSR count). The molecule has 5 nitrogen and oxygen atoms in total. The number of benzene rings is 2. The lowest BCUT2D eigenvalue weighted by Gasteiger charge is -2.23. The minimum Gasteiger partial charge on any atom is -0.478 e. The van der Waals surface area contributed by atoms with E-state index in [4.69, 9.17) is 11.6 Å². The Morgan fingerprint density at radius 2 is 1.74 bits per heavy atom. The Labute approximate surface area is 164 Å². The minimum atomic E-state index is -0.909. The molecule has 27 heavy (non-hydrogen) atoms. The van der Waals surface area contributed by atoms with Gasteiger partial charge >= 0.3 is 5.97 Å². The highest BCUT2D eigenvalue weighted by Gasteiger charge is 2.22. The molecule has 1 heterocycles. The monoisotopic (exact) mass is 386 g/mol. The maximum atomic E-state index is 12.9. The lowest BCUT2D eigenvalue weighted by molar-refractivity contribution is 0.0694. The molecule has 1 fully saturated rings. The third-order valence-electron chi connectivity index (χ3n) is 5.02. The molecular weight excluding hydrogens is 364 g/mol. The number of halogens is 1. The summed E-state index contributed by atoms with van der Waals surface area (Å²) in [5, 5.41) is 9.96. The van der Waals surface area contributed by atoms with Crippen LogP contribution in [0.2, 0.25) is 5.02 Å². The predicted octanol–water partition coefficient (Wildman–Crippen LogP) is 3.69. The molecule has 1 saturated heterocycles. The second-order valence-corrected chi connectivity index (χ2v) is 7.20. The summed E-state index contributed by atoms with van der Waals surface area (Å²) in [6.45, 7) is 5.26. The molecule has 1 aliphatic heterocycles. The van der Waals surface area contributed by atoms with Crippen molar-refractivity contribution < 1.29 is 14.7 Å². The molecule has 1 aliphatic rings. The van der Waals surface area contributed by atoms with Crippen LogP contribution in [0.4, 0.5) is 0 Å². The molecule has 6 heteroatoms. The molecule has 0 aromatic heterocycles. The van der Waals surface area contributed by atoms with Gasteiger partial charge in [-0.1, -0.05) is 35.9 Å². The van der Waals surface area contributed by atoms with Crippen molar-refractivity contribution in [3.8, 4) is 0 Å². The van der Waals surface area contributed by atoms with Crippen LogP contribution < -0.4 is 0 Å². The molecule has 1 amide bonds. The predicted molar refractivity (Wildman–Crippen MR) is 105 cm³/mol. The molecule has 0 atom stereocenters. The van der Waals surface area contributed by atoms with Gasteiger partial charge in [-0.15, -0.1) is 0 Å². The number of carboxylic acids is 1. The molecule has 0 unspecified atom stereocenters. The van der Waals surface area contributed by atoms with Gasteiger partial charge in [-0.25, -0.2) is 4.79 Å². The molecule has 0 saturated carbocycles. The van der Waals surface area contributed by atoms with E-state index in [1.54, 1.807) is 24.3 Å². The second kappa shape index (κ2) is 8.55. The fraction of sp³-hybridized carbons (Fsp3) is 0.333. The average molecular weight is 387 g/mol. The van der Waals surface area contributed by atoms with Crippen LogP contribution in [-0.4, -0.2) is 53.0 Å². The second-order valence-electron chi connectivity index (χ2n) is 6.80. The van der Waals surface area contributed by atoms with E-state index < -0.39 is 5.97 Å². The van der Waals surface area contributed by atoms with E-state index in [9.17, 15) is 14.7 Å². The van der Waals surface area contributed by atoms with Crippen LogP contribution in [0.3, 0.4) is 0 Å². The van der Waals surface area contributed by atoms with Gasteiger partial charge in [-0.05, 0) is 42.7 Å². The molecule has 0 bridgehead atoms. The molecule has 0 spiro atoms. The first kappa shape index (κ1) is 19.4. The zero-order chi connectivity index (χ0) is 19.4. The van der Waals surface area contributed by atoms with E-state index in [0.29, 0.717) is 42.3 Å². The first-order valence-corrected chi connectivity index (χ1v) is 9.43. The van der Waals surface area contributed by atoms with Gasteiger partial charge in [-0.2, -0.15) is 0 Å². The van der Waals surface area contributed by atoms with E-state index in [1.165, 1.54) is 0 Å². The van der Waals surface area contributed by atoms with Crippen LogP contribution in [0.25, 0.3) is 0 Å². The molecular formula is C21H23ClN2O3. The summed E-state index contributed by atoms with van der Waals surface area (Å²) in [5.74, 6) is -0.906. The number of carboxylic acid groups (broad SMARTS) is 1. The van der Waals surface area contributed by atoms with Gasteiger partial charge < -0.3 is 10.0 Å². The number of aromatic carboxylic acids is 1. The number of carbonyl (C=O) groups is 2. The van der Waals surface area contributed by atoms with Gasteiger partial charge in [0, 0.05) is 43.3 Å². The van der Waals surface area contributed by atoms with Crippen LogP contribution in [0.1, 0.15) is 38.3 Å². The summed E-state index contributed by atoms with van der Waals surface area (Å²) in [7, 11) is 0. The van der Waals surface area contributed by atoms with Crippen LogP contribution in [0.5, 0.6) is 0 Å². The maximum absolute atomic E-state index is 12.9. The lowest BCUT2D eigenvalue weighted by atomic mass is 10.1. The fourth-order valence-electron chi connectivity index (χ4n) is 3.45. The Bertz CT molecular complexity index is 853. The highest BCUT2D eigenvalue weighted by Crippen LogP contribution is 2.21. The quantitative estimate of drug-likeness (QED) is 0.870.